The van der Waals surface area contributed by atoms with Crippen LogP contribution in [-0.2, 0) is 4.74 Å². The summed E-state index contributed by atoms with van der Waals surface area (Å²) in [5, 5.41) is 24.1. The molecule has 0 aliphatic carbocycles. The molecule has 0 spiro atoms. The number of nitrogens with one attached hydrogen (secondary N) is 1. The van der Waals surface area contributed by atoms with E-state index in [4.69, 9.17) is 9.47 Å². The van der Waals surface area contributed by atoms with Crippen LogP contribution >= 0.6 is 0 Å². The van der Waals surface area contributed by atoms with Gasteiger partial charge in [0.2, 0.25) is 5.78 Å². The summed E-state index contributed by atoms with van der Waals surface area (Å²) in [6.07, 6.45) is 1.55. The van der Waals surface area contributed by atoms with Gasteiger partial charge in [-0.2, -0.15) is 10.3 Å². The lowest BCUT2D eigenvalue weighted by atomic mass is 10.1. The van der Waals surface area contributed by atoms with Crippen LogP contribution in [0.5, 0.6) is 5.75 Å². The molecule has 3 aromatic carbocycles. The standard InChI is InChI=1S/C26H23N3O6/c1-17-8-9-19(14-23(17)29(32)33)24(30)16-35-26(31)22-15-28(20-6-4-3-5-7-20)27-25(22)18-10-12-21(34-2)13-11-18/h3-15,29,32H,16H2,1-2H3. The van der Waals surface area contributed by atoms with Crippen LogP contribution in [0.2, 0.25) is 0 Å². The molecular weight excluding hydrogens is 450 g/mol. The summed E-state index contributed by atoms with van der Waals surface area (Å²) in [6.45, 7) is 1.10. The molecule has 0 aliphatic heterocycles. The van der Waals surface area contributed by atoms with Gasteiger partial charge in [0, 0.05) is 29.0 Å². The van der Waals surface area contributed by atoms with Gasteiger partial charge in [-0.3, -0.25) is 4.79 Å². The minimum absolute atomic E-state index is 0.0214. The van der Waals surface area contributed by atoms with E-state index in [0.717, 1.165) is 5.69 Å². The Balaban J connectivity index is 1.60. The van der Waals surface area contributed by atoms with Crippen LogP contribution in [0.25, 0.3) is 16.9 Å². The molecular formula is C26H23N3O6. The van der Waals surface area contributed by atoms with Crippen LogP contribution in [0.1, 0.15) is 26.3 Å². The zero-order valence-electron chi connectivity index (χ0n) is 19.1. The second-order valence-electron chi connectivity index (χ2n) is 7.73. The molecule has 1 atom stereocenters. The van der Waals surface area contributed by atoms with E-state index in [1.165, 1.54) is 12.1 Å². The highest BCUT2D eigenvalue weighted by molar-refractivity contribution is 6.01. The van der Waals surface area contributed by atoms with E-state index in [1.807, 2.05) is 30.3 Å². The number of esters is 1. The maximum absolute atomic E-state index is 13.0. The third-order valence-corrected chi connectivity index (χ3v) is 5.44. The molecule has 0 aliphatic rings. The molecule has 0 radical (unpaired) electrons. The lowest BCUT2D eigenvalue weighted by Crippen LogP contribution is -2.99. The van der Waals surface area contributed by atoms with Gasteiger partial charge in [0.25, 0.3) is 0 Å². The first kappa shape index (κ1) is 23.8. The number of Topliss-reactive ketones (excluding diaryl/α,β-unsaturated/α-hetero) is 1. The predicted molar refractivity (Wildman–Crippen MR) is 127 cm³/mol. The van der Waals surface area contributed by atoms with Gasteiger partial charge < -0.3 is 14.7 Å². The van der Waals surface area contributed by atoms with Crippen molar-refractivity contribution < 1.29 is 29.5 Å². The summed E-state index contributed by atoms with van der Waals surface area (Å²) < 4.78 is 12.1. The normalized spacial score (nSPS) is 11.7. The van der Waals surface area contributed by atoms with Crippen molar-refractivity contribution in [3.63, 3.8) is 0 Å². The highest BCUT2D eigenvalue weighted by atomic mass is 16.8. The van der Waals surface area contributed by atoms with E-state index in [9.17, 15) is 20.0 Å². The summed E-state index contributed by atoms with van der Waals surface area (Å²) in [6, 6.07) is 20.7. The van der Waals surface area contributed by atoms with Crippen molar-refractivity contribution in [1.82, 2.24) is 9.78 Å². The van der Waals surface area contributed by atoms with E-state index >= 15 is 0 Å². The summed E-state index contributed by atoms with van der Waals surface area (Å²) in [5.41, 5.74) is 2.69. The van der Waals surface area contributed by atoms with E-state index in [0.29, 0.717) is 22.6 Å². The minimum atomic E-state index is -1.13. The Morgan fingerprint density at radius 1 is 1.06 bits per heavy atom. The van der Waals surface area contributed by atoms with Crippen LogP contribution < -0.4 is 9.96 Å². The Morgan fingerprint density at radius 2 is 1.77 bits per heavy atom. The molecule has 0 saturated carbocycles. The second-order valence-corrected chi connectivity index (χ2v) is 7.73. The van der Waals surface area contributed by atoms with Crippen LogP contribution in [0.15, 0.2) is 79.0 Å². The van der Waals surface area contributed by atoms with Crippen molar-refractivity contribution in [2.75, 3.05) is 13.7 Å². The Bertz CT molecular complexity index is 1350. The SMILES string of the molecule is COc1ccc(-c2nn(-c3ccccc3)cc2C(=O)OCC(=O)c2ccc(C)c([NH+]([O-])O)c2)cc1. The highest BCUT2D eigenvalue weighted by Crippen LogP contribution is 2.26. The Kier molecular flexibility index (Phi) is 7.02. The Morgan fingerprint density at radius 3 is 2.43 bits per heavy atom. The smallest absolute Gasteiger partial charge is 0.342 e. The molecule has 0 bridgehead atoms. The van der Waals surface area contributed by atoms with Gasteiger partial charge in [-0.05, 0) is 43.3 Å². The first-order chi connectivity index (χ1) is 16.9. The molecule has 1 unspecified atom stereocenters. The molecule has 178 valence electrons. The van der Waals surface area contributed by atoms with Crippen LogP contribution in [0, 0.1) is 12.1 Å². The molecule has 1 aromatic heterocycles. The van der Waals surface area contributed by atoms with Crippen LogP contribution in [0.4, 0.5) is 5.69 Å². The number of nitrogens with zero attached hydrogens (tertiary/aromatic N) is 2. The molecule has 4 rings (SSSR count). The van der Waals surface area contributed by atoms with Crippen molar-refractivity contribution in [3.05, 3.63) is 101 Å². The van der Waals surface area contributed by atoms with Crippen molar-refractivity contribution >= 4 is 17.4 Å². The van der Waals surface area contributed by atoms with E-state index in [1.54, 1.807) is 55.2 Å². The van der Waals surface area contributed by atoms with Crippen molar-refractivity contribution in [2.45, 2.75) is 6.92 Å². The third-order valence-electron chi connectivity index (χ3n) is 5.44. The largest absolute Gasteiger partial charge is 0.595 e. The maximum atomic E-state index is 13.0. The Hall–Kier alpha value is -4.31. The topological polar surface area (TPSA) is 118 Å². The number of ketones is 1. The maximum Gasteiger partial charge on any atom is 0.342 e. The number of ether oxygens (including phenoxy) is 2. The van der Waals surface area contributed by atoms with E-state index in [-0.39, 0.29) is 16.8 Å². The number of aryl methyl sites for hydroxylation is 1. The van der Waals surface area contributed by atoms with Crippen molar-refractivity contribution in [1.29, 1.82) is 0 Å². The lowest BCUT2D eigenvalue weighted by molar-refractivity contribution is -0.991. The van der Waals surface area contributed by atoms with Gasteiger partial charge in [-0.25, -0.2) is 14.7 Å². The molecule has 0 fully saturated rings. The number of hydrogen-bond acceptors (Lipinski definition) is 7. The quantitative estimate of drug-likeness (QED) is 0.229. The van der Waals surface area contributed by atoms with E-state index in [2.05, 4.69) is 5.10 Å². The molecule has 9 heteroatoms. The zero-order chi connectivity index (χ0) is 24.9. The fourth-order valence-corrected chi connectivity index (χ4v) is 3.52. The number of carbonyl (C=O) groups is 2. The summed E-state index contributed by atoms with van der Waals surface area (Å²) >= 11 is 0. The van der Waals surface area contributed by atoms with Crippen molar-refractivity contribution in [3.8, 4) is 22.7 Å². The fraction of sp³-hybridized carbons (Fsp3) is 0.115. The number of methoxy groups -OCH3 is 1. The molecule has 1 heterocycles. The predicted octanol–water partition coefficient (Wildman–Crippen LogP) is 3.30. The minimum Gasteiger partial charge on any atom is -0.595 e. The monoisotopic (exact) mass is 473 g/mol. The number of para-hydroxylation sites is 1. The number of hydrogen-bond donors (Lipinski definition) is 2. The van der Waals surface area contributed by atoms with Crippen LogP contribution in [0.3, 0.4) is 0 Å². The Labute approximate surface area is 201 Å². The van der Waals surface area contributed by atoms with Gasteiger partial charge in [0.1, 0.15) is 17.0 Å². The highest BCUT2D eigenvalue weighted by Gasteiger charge is 2.22. The molecule has 4 aromatic rings. The number of rotatable bonds is 8. The van der Waals surface area contributed by atoms with Gasteiger partial charge in [-0.1, -0.05) is 30.3 Å². The first-order valence-electron chi connectivity index (χ1n) is 10.7. The first-order valence-corrected chi connectivity index (χ1v) is 10.7. The van der Waals surface area contributed by atoms with Gasteiger partial charge in [0.05, 0.1) is 12.8 Å². The molecule has 9 nitrogen and oxygen atoms in total. The van der Waals surface area contributed by atoms with Crippen LogP contribution in [-0.4, -0.2) is 40.5 Å². The van der Waals surface area contributed by atoms with Gasteiger partial charge in [0.15, 0.2) is 12.3 Å². The van der Waals surface area contributed by atoms with E-state index < -0.39 is 23.6 Å². The van der Waals surface area contributed by atoms with Gasteiger partial charge >= 0.3 is 5.97 Å². The summed E-state index contributed by atoms with van der Waals surface area (Å²) in [5.74, 6) is -0.580. The lowest BCUT2D eigenvalue weighted by Gasteiger charge is -2.14. The zero-order valence-corrected chi connectivity index (χ0v) is 19.1. The number of carbonyl (C=O) groups excluding carboxylic acids is 2. The molecule has 2 N–H and O–H groups in total. The second kappa shape index (κ2) is 10.3. The third kappa shape index (κ3) is 5.28. The number of quaternary nitrogens is 1. The molecule has 35 heavy (non-hydrogen) atoms. The summed E-state index contributed by atoms with van der Waals surface area (Å²) in [7, 11) is 1.56. The van der Waals surface area contributed by atoms with Gasteiger partial charge in [-0.15, -0.1) is 0 Å². The molecule has 0 saturated heterocycles. The average molecular weight is 473 g/mol. The fourth-order valence-electron chi connectivity index (χ4n) is 3.52. The average Bonchev–Trinajstić information content (AvgIpc) is 3.33. The number of aromatic nitrogens is 2. The van der Waals surface area contributed by atoms with Crippen molar-refractivity contribution in [2.24, 2.45) is 0 Å². The molecule has 0 amide bonds. The summed E-state index contributed by atoms with van der Waals surface area (Å²) in [4.78, 5) is 25.6. The number of benzene rings is 3.